The third kappa shape index (κ3) is 5.70. The highest BCUT2D eigenvalue weighted by Gasteiger charge is 2.10. The number of nitrogens with one attached hydrogen (secondary N) is 1. The van der Waals surface area contributed by atoms with Gasteiger partial charge in [0.25, 0.3) is 5.91 Å². The second kappa shape index (κ2) is 7.74. The van der Waals surface area contributed by atoms with E-state index in [9.17, 15) is 9.18 Å². The lowest BCUT2D eigenvalue weighted by atomic mass is 10.2. The molecule has 0 bridgehead atoms. The summed E-state index contributed by atoms with van der Waals surface area (Å²) in [7, 11) is 0. The summed E-state index contributed by atoms with van der Waals surface area (Å²) < 4.78 is 18.8. The van der Waals surface area contributed by atoms with Crippen molar-refractivity contribution in [3.05, 3.63) is 29.6 Å². The Morgan fingerprint density at radius 3 is 2.79 bits per heavy atom. The zero-order chi connectivity index (χ0) is 14.3. The van der Waals surface area contributed by atoms with E-state index in [0.717, 1.165) is 18.9 Å². The summed E-state index contributed by atoms with van der Waals surface area (Å²) in [4.78, 5) is 11.7. The molecule has 1 aromatic rings. The molecule has 19 heavy (non-hydrogen) atoms. The smallest absolute Gasteiger partial charge is 0.254 e. The molecule has 3 N–H and O–H groups in total. The van der Waals surface area contributed by atoms with Gasteiger partial charge < -0.3 is 15.8 Å². The van der Waals surface area contributed by atoms with E-state index in [0.29, 0.717) is 18.8 Å². The largest absolute Gasteiger partial charge is 0.399 e. The number of anilines is 1. The number of unbranched alkanes of at least 4 members (excludes halogenated alkanes) is 1. The molecular formula is C14H21FN2O2. The van der Waals surface area contributed by atoms with Gasteiger partial charge in [0.2, 0.25) is 0 Å². The summed E-state index contributed by atoms with van der Waals surface area (Å²) in [5.41, 5.74) is 5.75. The van der Waals surface area contributed by atoms with E-state index in [1.54, 1.807) is 0 Å². The van der Waals surface area contributed by atoms with E-state index in [1.807, 2.05) is 13.8 Å². The molecule has 0 aliphatic carbocycles. The molecule has 0 atom stereocenters. The molecule has 1 amide bonds. The molecule has 0 saturated heterocycles. The van der Waals surface area contributed by atoms with Crippen LogP contribution in [0.1, 0.15) is 37.0 Å². The van der Waals surface area contributed by atoms with Gasteiger partial charge in [-0.2, -0.15) is 0 Å². The van der Waals surface area contributed by atoms with E-state index in [4.69, 9.17) is 10.5 Å². The highest BCUT2D eigenvalue weighted by molar-refractivity contribution is 5.94. The van der Waals surface area contributed by atoms with E-state index in [2.05, 4.69) is 5.32 Å². The molecule has 0 radical (unpaired) electrons. The Bertz CT molecular complexity index is 422. The molecule has 0 unspecified atom stereocenters. The maximum atomic E-state index is 13.5. The van der Waals surface area contributed by atoms with Crippen molar-refractivity contribution in [2.75, 3.05) is 18.9 Å². The minimum Gasteiger partial charge on any atom is -0.399 e. The Morgan fingerprint density at radius 1 is 1.42 bits per heavy atom. The van der Waals surface area contributed by atoms with Crippen LogP contribution in [0, 0.1) is 5.82 Å². The normalized spacial score (nSPS) is 10.7. The van der Waals surface area contributed by atoms with Gasteiger partial charge in [0.15, 0.2) is 0 Å². The first kappa shape index (κ1) is 15.4. The van der Waals surface area contributed by atoms with Crippen LogP contribution in [0.15, 0.2) is 18.2 Å². The van der Waals surface area contributed by atoms with Crippen LogP contribution in [0.5, 0.6) is 0 Å². The summed E-state index contributed by atoms with van der Waals surface area (Å²) in [6, 6.07) is 4.04. The molecular weight excluding hydrogens is 247 g/mol. The molecule has 0 saturated carbocycles. The molecule has 0 heterocycles. The number of nitrogens with two attached hydrogens (primary N) is 1. The van der Waals surface area contributed by atoms with Crippen LogP contribution in [-0.4, -0.2) is 25.2 Å². The van der Waals surface area contributed by atoms with Crippen LogP contribution in [0.4, 0.5) is 10.1 Å². The zero-order valence-corrected chi connectivity index (χ0v) is 11.4. The summed E-state index contributed by atoms with van der Waals surface area (Å²) in [6.07, 6.45) is 1.89. The molecule has 4 nitrogen and oxygen atoms in total. The van der Waals surface area contributed by atoms with Gasteiger partial charge >= 0.3 is 0 Å². The van der Waals surface area contributed by atoms with Gasteiger partial charge in [-0.25, -0.2) is 4.39 Å². The number of carbonyl (C=O) groups excluding carboxylic acids is 1. The van der Waals surface area contributed by atoms with E-state index < -0.39 is 11.7 Å². The van der Waals surface area contributed by atoms with Crippen LogP contribution in [0.3, 0.4) is 0 Å². The van der Waals surface area contributed by atoms with E-state index in [1.165, 1.54) is 12.1 Å². The van der Waals surface area contributed by atoms with Crippen molar-refractivity contribution >= 4 is 11.6 Å². The third-order valence-corrected chi connectivity index (χ3v) is 2.55. The summed E-state index contributed by atoms with van der Waals surface area (Å²) in [5, 5.41) is 2.67. The molecule has 106 valence electrons. The molecule has 0 aliphatic rings. The molecule has 1 aromatic carbocycles. The number of rotatable bonds is 7. The van der Waals surface area contributed by atoms with Gasteiger partial charge in [-0.1, -0.05) is 0 Å². The quantitative estimate of drug-likeness (QED) is 0.589. The Balaban J connectivity index is 2.28. The first-order chi connectivity index (χ1) is 9.00. The van der Waals surface area contributed by atoms with Crippen molar-refractivity contribution in [3.8, 4) is 0 Å². The number of benzene rings is 1. The number of amides is 1. The fourth-order valence-corrected chi connectivity index (χ4v) is 1.56. The Labute approximate surface area is 113 Å². The van der Waals surface area contributed by atoms with Gasteiger partial charge in [0.1, 0.15) is 5.82 Å². The lowest BCUT2D eigenvalue weighted by Crippen LogP contribution is -2.25. The van der Waals surface area contributed by atoms with Gasteiger partial charge in [-0.3, -0.25) is 4.79 Å². The number of carbonyl (C=O) groups is 1. The number of nitrogen functional groups attached to an aromatic ring is 1. The van der Waals surface area contributed by atoms with Crippen LogP contribution < -0.4 is 11.1 Å². The number of hydrogen-bond acceptors (Lipinski definition) is 3. The van der Waals surface area contributed by atoms with Crippen LogP contribution >= 0.6 is 0 Å². The van der Waals surface area contributed by atoms with Crippen LogP contribution in [0.2, 0.25) is 0 Å². The zero-order valence-electron chi connectivity index (χ0n) is 11.4. The first-order valence-corrected chi connectivity index (χ1v) is 6.45. The van der Waals surface area contributed by atoms with E-state index >= 15 is 0 Å². The summed E-state index contributed by atoms with van der Waals surface area (Å²) >= 11 is 0. The Kier molecular flexibility index (Phi) is 6.29. The van der Waals surface area contributed by atoms with Crippen molar-refractivity contribution in [3.63, 3.8) is 0 Å². The minimum absolute atomic E-state index is 0.0210. The lowest BCUT2D eigenvalue weighted by molar-refractivity contribution is 0.0754. The number of hydrogen-bond donors (Lipinski definition) is 2. The molecule has 5 heteroatoms. The second-order valence-corrected chi connectivity index (χ2v) is 4.62. The van der Waals surface area contributed by atoms with Crippen molar-refractivity contribution in [1.29, 1.82) is 0 Å². The van der Waals surface area contributed by atoms with Crippen LogP contribution in [-0.2, 0) is 4.74 Å². The fraction of sp³-hybridized carbons (Fsp3) is 0.500. The maximum Gasteiger partial charge on any atom is 0.254 e. The average molecular weight is 268 g/mol. The summed E-state index contributed by atoms with van der Waals surface area (Å²) in [5.74, 6) is -1.01. The van der Waals surface area contributed by atoms with Crippen molar-refractivity contribution in [2.24, 2.45) is 0 Å². The highest BCUT2D eigenvalue weighted by atomic mass is 19.1. The van der Waals surface area contributed by atoms with Crippen molar-refractivity contribution in [1.82, 2.24) is 5.32 Å². The molecule has 0 aromatic heterocycles. The Hall–Kier alpha value is -1.62. The predicted molar refractivity (Wildman–Crippen MR) is 73.5 cm³/mol. The average Bonchev–Trinajstić information content (AvgIpc) is 2.32. The number of halogens is 1. The van der Waals surface area contributed by atoms with Gasteiger partial charge in [0, 0.05) is 18.8 Å². The topological polar surface area (TPSA) is 64.3 Å². The van der Waals surface area contributed by atoms with Gasteiger partial charge in [0.05, 0.1) is 11.7 Å². The predicted octanol–water partition coefficient (Wildman–Crippen LogP) is 2.34. The van der Waals surface area contributed by atoms with Crippen molar-refractivity contribution < 1.29 is 13.9 Å². The van der Waals surface area contributed by atoms with Crippen LogP contribution in [0.25, 0.3) is 0 Å². The molecule has 0 spiro atoms. The van der Waals surface area contributed by atoms with Gasteiger partial charge in [-0.15, -0.1) is 0 Å². The molecule has 1 rings (SSSR count). The molecule has 0 aliphatic heterocycles. The maximum absolute atomic E-state index is 13.5. The lowest BCUT2D eigenvalue weighted by Gasteiger charge is -2.08. The molecule has 0 fully saturated rings. The third-order valence-electron chi connectivity index (χ3n) is 2.55. The second-order valence-electron chi connectivity index (χ2n) is 4.62. The first-order valence-electron chi connectivity index (χ1n) is 6.45. The monoisotopic (exact) mass is 268 g/mol. The highest BCUT2D eigenvalue weighted by Crippen LogP contribution is 2.11. The van der Waals surface area contributed by atoms with Crippen molar-refractivity contribution in [2.45, 2.75) is 32.8 Å². The van der Waals surface area contributed by atoms with E-state index in [-0.39, 0.29) is 11.7 Å². The standard InChI is InChI=1S/C14H21FN2O2/c1-10(2)19-8-4-3-7-17-14(18)12-6-5-11(16)9-13(12)15/h5-6,9-10H,3-4,7-8,16H2,1-2H3,(H,17,18). The van der Waals surface area contributed by atoms with Gasteiger partial charge in [-0.05, 0) is 44.9 Å². The number of ether oxygens (including phenoxy) is 1. The fourth-order valence-electron chi connectivity index (χ4n) is 1.56. The SMILES string of the molecule is CC(C)OCCCCNC(=O)c1ccc(N)cc1F. The minimum atomic E-state index is -0.597. The Morgan fingerprint density at radius 2 is 2.16 bits per heavy atom. The summed E-state index contributed by atoms with van der Waals surface area (Å²) in [6.45, 7) is 5.13.